The number of benzene rings is 1. The zero-order valence-electron chi connectivity index (χ0n) is 16.1. The molecule has 1 heterocycles. The first-order valence-corrected chi connectivity index (χ1v) is 9.06. The van der Waals surface area contributed by atoms with Crippen LogP contribution in [0.15, 0.2) is 47.7 Å². The summed E-state index contributed by atoms with van der Waals surface area (Å²) in [6.45, 7) is 5.78. The second-order valence-corrected chi connectivity index (χ2v) is 5.73. The van der Waals surface area contributed by atoms with Crippen LogP contribution in [-0.2, 0) is 11.3 Å². The van der Waals surface area contributed by atoms with Crippen LogP contribution in [0.1, 0.15) is 19.8 Å². The molecule has 27 heavy (non-hydrogen) atoms. The molecule has 0 saturated carbocycles. The highest BCUT2D eigenvalue weighted by Crippen LogP contribution is 2.17. The zero-order valence-corrected chi connectivity index (χ0v) is 18.4. The van der Waals surface area contributed by atoms with Crippen molar-refractivity contribution in [2.75, 3.05) is 38.7 Å². The summed E-state index contributed by atoms with van der Waals surface area (Å²) < 4.78 is 12.7. The number of methoxy groups -OCH3 is 1. The summed E-state index contributed by atoms with van der Waals surface area (Å²) in [6, 6.07) is 9.82. The Morgan fingerprint density at radius 2 is 2.11 bits per heavy atom. The van der Waals surface area contributed by atoms with Crippen molar-refractivity contribution in [2.45, 2.75) is 26.3 Å². The number of aromatic nitrogens is 2. The lowest BCUT2D eigenvalue weighted by Gasteiger charge is -2.13. The van der Waals surface area contributed by atoms with E-state index in [4.69, 9.17) is 9.47 Å². The monoisotopic (exact) mass is 487 g/mol. The van der Waals surface area contributed by atoms with Crippen molar-refractivity contribution in [3.63, 3.8) is 0 Å². The van der Waals surface area contributed by atoms with Crippen molar-refractivity contribution >= 4 is 35.6 Å². The van der Waals surface area contributed by atoms with Crippen LogP contribution in [0.3, 0.4) is 0 Å². The third kappa shape index (κ3) is 9.62. The van der Waals surface area contributed by atoms with Crippen LogP contribution in [0.2, 0.25) is 0 Å². The fourth-order valence-corrected chi connectivity index (χ4v) is 2.36. The predicted octanol–water partition coefficient (Wildman–Crippen LogP) is 3.38. The average Bonchev–Trinajstić information content (AvgIpc) is 3.16. The van der Waals surface area contributed by atoms with E-state index in [0.717, 1.165) is 49.9 Å². The Morgan fingerprint density at radius 1 is 1.22 bits per heavy atom. The molecular weight excluding hydrogens is 457 g/mol. The number of nitrogens with one attached hydrogen (secondary N) is 2. The summed E-state index contributed by atoms with van der Waals surface area (Å²) >= 11 is 0. The number of nitrogens with zero attached hydrogens (tertiary/aromatic N) is 3. The van der Waals surface area contributed by atoms with Gasteiger partial charge in [0.2, 0.25) is 0 Å². The lowest BCUT2D eigenvalue weighted by molar-refractivity contribution is 0.172. The van der Waals surface area contributed by atoms with Gasteiger partial charge in [-0.25, -0.2) is 0 Å². The summed E-state index contributed by atoms with van der Waals surface area (Å²) in [7, 11) is 1.70. The molecule has 8 heteroatoms. The van der Waals surface area contributed by atoms with Crippen molar-refractivity contribution in [2.24, 2.45) is 4.99 Å². The number of guanidine groups is 1. The highest BCUT2D eigenvalue weighted by molar-refractivity contribution is 14.0. The molecule has 0 radical (unpaired) electrons. The van der Waals surface area contributed by atoms with E-state index in [2.05, 4.69) is 27.6 Å². The maximum atomic E-state index is 5.74. The van der Waals surface area contributed by atoms with E-state index in [0.29, 0.717) is 13.2 Å². The molecule has 0 aliphatic rings. The molecule has 0 fully saturated rings. The molecule has 0 aliphatic heterocycles. The van der Waals surface area contributed by atoms with E-state index in [1.807, 2.05) is 41.2 Å². The maximum absolute atomic E-state index is 5.74. The van der Waals surface area contributed by atoms with E-state index in [1.54, 1.807) is 13.3 Å². The van der Waals surface area contributed by atoms with Crippen molar-refractivity contribution in [1.82, 2.24) is 15.1 Å². The summed E-state index contributed by atoms with van der Waals surface area (Å²) in [4.78, 5) is 4.62. The molecule has 1 aromatic carbocycles. The molecule has 2 N–H and O–H groups in total. The van der Waals surface area contributed by atoms with E-state index in [-0.39, 0.29) is 24.0 Å². The minimum atomic E-state index is 0. The highest BCUT2D eigenvalue weighted by atomic mass is 127. The number of hydrogen-bond acceptors (Lipinski definition) is 4. The van der Waals surface area contributed by atoms with E-state index >= 15 is 0 Å². The molecule has 0 amide bonds. The van der Waals surface area contributed by atoms with Gasteiger partial charge in [-0.3, -0.25) is 9.67 Å². The van der Waals surface area contributed by atoms with Gasteiger partial charge in [0.15, 0.2) is 5.96 Å². The molecule has 0 spiro atoms. The van der Waals surface area contributed by atoms with Gasteiger partial charge in [-0.2, -0.15) is 5.10 Å². The summed E-state index contributed by atoms with van der Waals surface area (Å²) in [6.07, 6.45) is 5.56. The molecule has 0 unspecified atom stereocenters. The van der Waals surface area contributed by atoms with Crippen molar-refractivity contribution < 1.29 is 9.47 Å². The van der Waals surface area contributed by atoms with Gasteiger partial charge in [-0.05, 0) is 31.5 Å². The molecule has 7 nitrogen and oxygen atoms in total. The van der Waals surface area contributed by atoms with Crippen molar-refractivity contribution in [3.05, 3.63) is 42.7 Å². The second kappa shape index (κ2) is 14.3. The maximum Gasteiger partial charge on any atom is 0.195 e. The van der Waals surface area contributed by atoms with Crippen molar-refractivity contribution in [3.8, 4) is 5.75 Å². The van der Waals surface area contributed by atoms with Gasteiger partial charge in [-0.1, -0.05) is 6.07 Å². The first-order valence-electron chi connectivity index (χ1n) is 9.06. The lowest BCUT2D eigenvalue weighted by Crippen LogP contribution is -2.30. The molecule has 0 saturated heterocycles. The molecular formula is C19H30IN5O2. The molecule has 0 bridgehead atoms. The first-order chi connectivity index (χ1) is 12.8. The quantitative estimate of drug-likeness (QED) is 0.220. The predicted molar refractivity (Wildman–Crippen MR) is 120 cm³/mol. The number of halogens is 1. The van der Waals surface area contributed by atoms with Crippen LogP contribution >= 0.6 is 24.0 Å². The van der Waals surface area contributed by atoms with E-state index in [9.17, 15) is 0 Å². The Bertz CT molecular complexity index is 649. The zero-order chi connectivity index (χ0) is 18.5. The van der Waals surface area contributed by atoms with Gasteiger partial charge in [0.1, 0.15) is 5.75 Å². The number of hydrogen-bond donors (Lipinski definition) is 2. The summed E-state index contributed by atoms with van der Waals surface area (Å²) in [5, 5.41) is 10.8. The second-order valence-electron chi connectivity index (χ2n) is 5.73. The molecule has 2 rings (SSSR count). The van der Waals surface area contributed by atoms with E-state index < -0.39 is 0 Å². The molecule has 2 aromatic rings. The number of rotatable bonds is 11. The first kappa shape index (κ1) is 23.2. The third-order valence-electron chi connectivity index (χ3n) is 3.58. The Balaban J connectivity index is 0.00000364. The highest BCUT2D eigenvalue weighted by Gasteiger charge is 2.01. The topological polar surface area (TPSA) is 72.7 Å². The normalized spacial score (nSPS) is 11.0. The van der Waals surface area contributed by atoms with Crippen LogP contribution in [-0.4, -0.2) is 49.2 Å². The van der Waals surface area contributed by atoms with Gasteiger partial charge in [0.05, 0.1) is 6.61 Å². The van der Waals surface area contributed by atoms with Gasteiger partial charge < -0.3 is 20.1 Å². The molecule has 150 valence electrons. The SMILES string of the molecule is CCNC(=NCCCn1cccn1)Nc1cccc(OCCCOC)c1.I. The minimum Gasteiger partial charge on any atom is -0.493 e. The molecule has 1 aromatic heterocycles. The molecule has 0 aliphatic carbocycles. The van der Waals surface area contributed by atoms with Crippen LogP contribution in [0.25, 0.3) is 0 Å². The number of aliphatic imine (C=N–C) groups is 1. The molecule has 0 atom stereocenters. The van der Waals surface area contributed by atoms with Crippen LogP contribution in [0.5, 0.6) is 5.75 Å². The number of ether oxygens (including phenoxy) is 2. The Hall–Kier alpha value is -1.81. The lowest BCUT2D eigenvalue weighted by atomic mass is 10.3. The minimum absolute atomic E-state index is 0. The standard InChI is InChI=1S/C19H29N5O2.HI/c1-3-20-19(21-10-5-12-24-13-6-11-22-24)23-17-8-4-9-18(16-17)26-15-7-14-25-2;/h4,6,8-9,11,13,16H,3,5,7,10,12,14-15H2,1-2H3,(H2,20,21,23);1H. The number of aryl methyl sites for hydroxylation is 1. The fraction of sp³-hybridized carbons (Fsp3) is 0.474. The van der Waals surface area contributed by atoms with Crippen LogP contribution in [0.4, 0.5) is 5.69 Å². The smallest absolute Gasteiger partial charge is 0.195 e. The van der Waals surface area contributed by atoms with Gasteiger partial charge >= 0.3 is 0 Å². The third-order valence-corrected chi connectivity index (χ3v) is 3.58. The van der Waals surface area contributed by atoms with Gasteiger partial charge in [-0.15, -0.1) is 24.0 Å². The van der Waals surface area contributed by atoms with Gasteiger partial charge in [0.25, 0.3) is 0 Å². The summed E-state index contributed by atoms with van der Waals surface area (Å²) in [5.41, 5.74) is 0.945. The Labute approximate surface area is 178 Å². The average molecular weight is 487 g/mol. The van der Waals surface area contributed by atoms with Crippen molar-refractivity contribution in [1.29, 1.82) is 0 Å². The Morgan fingerprint density at radius 3 is 2.85 bits per heavy atom. The fourth-order valence-electron chi connectivity index (χ4n) is 2.36. The Kier molecular flexibility index (Phi) is 12.3. The number of anilines is 1. The summed E-state index contributed by atoms with van der Waals surface area (Å²) in [5.74, 6) is 1.60. The largest absolute Gasteiger partial charge is 0.493 e. The van der Waals surface area contributed by atoms with Crippen LogP contribution in [0, 0.1) is 0 Å². The van der Waals surface area contributed by atoms with E-state index in [1.165, 1.54) is 0 Å². The van der Waals surface area contributed by atoms with Gasteiger partial charge in [0, 0.05) is 63.9 Å². The van der Waals surface area contributed by atoms with Crippen LogP contribution < -0.4 is 15.4 Å².